The van der Waals surface area contributed by atoms with E-state index in [1.165, 1.54) is 7.11 Å². The predicted molar refractivity (Wildman–Crippen MR) is 91.6 cm³/mol. The number of nitrogens with zero attached hydrogens (tertiary/aromatic N) is 1. The molecule has 26 heavy (non-hydrogen) atoms. The highest BCUT2D eigenvalue weighted by Gasteiger charge is 2.52. The van der Waals surface area contributed by atoms with Crippen molar-refractivity contribution in [1.29, 1.82) is 0 Å². The van der Waals surface area contributed by atoms with Gasteiger partial charge in [-0.3, -0.25) is 9.69 Å². The maximum absolute atomic E-state index is 12.6. The number of hydrogen-bond acceptors (Lipinski definition) is 7. The van der Waals surface area contributed by atoms with Crippen LogP contribution in [-0.2, 0) is 14.3 Å². The first kappa shape index (κ1) is 17.0. The smallest absolute Gasteiger partial charge is 0.415 e. The summed E-state index contributed by atoms with van der Waals surface area (Å²) in [6.07, 6.45) is 0.464. The molecule has 2 fully saturated rings. The number of nitrogens with one attached hydrogen (secondary N) is 1. The van der Waals surface area contributed by atoms with Gasteiger partial charge in [0.25, 0.3) is 0 Å². The molecule has 8 nitrogen and oxygen atoms in total. The van der Waals surface area contributed by atoms with Crippen LogP contribution in [0.15, 0.2) is 18.2 Å². The number of methoxy groups -OCH3 is 1. The molecule has 1 amide bonds. The molecule has 0 saturated carbocycles. The maximum Gasteiger partial charge on any atom is 0.415 e. The molecule has 1 spiro atoms. The van der Waals surface area contributed by atoms with Crippen molar-refractivity contribution in [3.8, 4) is 11.5 Å². The van der Waals surface area contributed by atoms with Crippen LogP contribution < -0.4 is 19.7 Å². The third-order valence-corrected chi connectivity index (χ3v) is 5.27. The molecule has 4 rings (SSSR count). The minimum Gasteiger partial charge on any atom is -0.486 e. The number of carbonyl (C=O) groups excluding carboxylic acids is 2. The molecule has 3 heterocycles. The lowest BCUT2D eigenvalue weighted by Gasteiger charge is -2.39. The molecule has 0 aromatic heterocycles. The highest BCUT2D eigenvalue weighted by molar-refractivity contribution is 5.91. The first-order valence-corrected chi connectivity index (χ1v) is 8.79. The van der Waals surface area contributed by atoms with Crippen molar-refractivity contribution in [3.63, 3.8) is 0 Å². The Hall–Kier alpha value is -2.48. The lowest BCUT2D eigenvalue weighted by atomic mass is 9.79. The summed E-state index contributed by atoms with van der Waals surface area (Å²) in [6.45, 7) is 2.74. The Morgan fingerprint density at radius 3 is 2.96 bits per heavy atom. The molecular weight excluding hydrogens is 340 g/mol. The number of anilines is 1. The molecule has 2 saturated heterocycles. The van der Waals surface area contributed by atoms with Gasteiger partial charge < -0.3 is 24.3 Å². The Morgan fingerprint density at radius 2 is 2.15 bits per heavy atom. The van der Waals surface area contributed by atoms with Gasteiger partial charge in [-0.25, -0.2) is 4.79 Å². The van der Waals surface area contributed by atoms with E-state index >= 15 is 0 Å². The van der Waals surface area contributed by atoms with Gasteiger partial charge >= 0.3 is 12.1 Å². The average molecular weight is 362 g/mol. The summed E-state index contributed by atoms with van der Waals surface area (Å²) in [6, 6.07) is 5.42. The quantitative estimate of drug-likeness (QED) is 0.812. The molecule has 2 atom stereocenters. The van der Waals surface area contributed by atoms with E-state index in [9.17, 15) is 9.59 Å². The second-order valence-corrected chi connectivity index (χ2v) is 6.78. The van der Waals surface area contributed by atoms with Crippen LogP contribution in [0.3, 0.4) is 0 Å². The zero-order valence-electron chi connectivity index (χ0n) is 14.7. The molecule has 1 aromatic carbocycles. The first-order chi connectivity index (χ1) is 12.6. The normalized spacial score (nSPS) is 27.3. The van der Waals surface area contributed by atoms with E-state index in [0.717, 1.165) is 6.54 Å². The first-order valence-electron chi connectivity index (χ1n) is 8.79. The summed E-state index contributed by atoms with van der Waals surface area (Å²) in [4.78, 5) is 26.0. The van der Waals surface area contributed by atoms with E-state index in [0.29, 0.717) is 49.9 Å². The molecule has 3 aliphatic heterocycles. The van der Waals surface area contributed by atoms with Gasteiger partial charge in [-0.05, 0) is 18.7 Å². The third kappa shape index (κ3) is 2.94. The van der Waals surface area contributed by atoms with Crippen molar-refractivity contribution in [2.24, 2.45) is 5.92 Å². The molecule has 140 valence electrons. The van der Waals surface area contributed by atoms with Crippen LogP contribution in [0.1, 0.15) is 12.8 Å². The Bertz CT molecular complexity index is 724. The van der Waals surface area contributed by atoms with Gasteiger partial charge in [0, 0.05) is 24.9 Å². The molecule has 8 heteroatoms. The molecule has 3 aliphatic rings. The fourth-order valence-electron chi connectivity index (χ4n) is 3.84. The van der Waals surface area contributed by atoms with Crippen LogP contribution >= 0.6 is 0 Å². The zero-order valence-corrected chi connectivity index (χ0v) is 14.7. The molecule has 0 aliphatic carbocycles. The van der Waals surface area contributed by atoms with Crippen molar-refractivity contribution in [1.82, 2.24) is 5.32 Å². The summed E-state index contributed by atoms with van der Waals surface area (Å²) in [5.41, 5.74) is 0.00975. The number of amides is 1. The number of benzene rings is 1. The van der Waals surface area contributed by atoms with Crippen molar-refractivity contribution in [2.75, 3.05) is 44.9 Å². The van der Waals surface area contributed by atoms with E-state index in [1.54, 1.807) is 17.0 Å². The summed E-state index contributed by atoms with van der Waals surface area (Å²) in [5, 5.41) is 3.27. The highest BCUT2D eigenvalue weighted by Crippen LogP contribution is 2.41. The second kappa shape index (κ2) is 6.68. The van der Waals surface area contributed by atoms with Gasteiger partial charge in [0.15, 0.2) is 11.5 Å². The largest absolute Gasteiger partial charge is 0.486 e. The van der Waals surface area contributed by atoms with E-state index in [-0.39, 0.29) is 18.3 Å². The van der Waals surface area contributed by atoms with E-state index in [4.69, 9.17) is 18.9 Å². The van der Waals surface area contributed by atoms with E-state index in [1.807, 2.05) is 6.07 Å². The van der Waals surface area contributed by atoms with Gasteiger partial charge in [0.1, 0.15) is 18.8 Å². The topological polar surface area (TPSA) is 86.3 Å². The Kier molecular flexibility index (Phi) is 4.36. The molecule has 1 aromatic rings. The number of fused-ring (bicyclic) bond motifs is 1. The fraction of sp³-hybridized carbons (Fsp3) is 0.556. The van der Waals surface area contributed by atoms with Crippen LogP contribution in [0.25, 0.3) is 0 Å². The summed E-state index contributed by atoms with van der Waals surface area (Å²) >= 11 is 0. The van der Waals surface area contributed by atoms with Crippen LogP contribution in [0.5, 0.6) is 11.5 Å². The minimum atomic E-state index is -0.691. The van der Waals surface area contributed by atoms with Gasteiger partial charge in [-0.15, -0.1) is 0 Å². The molecule has 0 bridgehead atoms. The minimum absolute atomic E-state index is 0.130. The Morgan fingerprint density at radius 1 is 1.35 bits per heavy atom. The lowest BCUT2D eigenvalue weighted by molar-refractivity contribution is -0.144. The van der Waals surface area contributed by atoms with Crippen LogP contribution in [0.2, 0.25) is 0 Å². The van der Waals surface area contributed by atoms with Gasteiger partial charge in [-0.2, -0.15) is 0 Å². The third-order valence-electron chi connectivity index (χ3n) is 5.27. The molecule has 0 radical (unpaired) electrons. The van der Waals surface area contributed by atoms with Crippen molar-refractivity contribution >= 4 is 17.7 Å². The highest BCUT2D eigenvalue weighted by atomic mass is 16.6. The van der Waals surface area contributed by atoms with Crippen LogP contribution in [-0.4, -0.2) is 57.6 Å². The van der Waals surface area contributed by atoms with Gasteiger partial charge in [0.2, 0.25) is 0 Å². The molecule has 2 unspecified atom stereocenters. The second-order valence-electron chi connectivity index (χ2n) is 6.78. The SMILES string of the molecule is COC(=O)CC1CNCCC12CN(c1ccc3c(c1)OCCO3)C(=O)O2. The van der Waals surface area contributed by atoms with E-state index < -0.39 is 11.7 Å². The van der Waals surface area contributed by atoms with Crippen LogP contribution in [0, 0.1) is 5.92 Å². The molecule has 1 N–H and O–H groups in total. The van der Waals surface area contributed by atoms with Crippen molar-refractivity contribution < 1.29 is 28.5 Å². The number of piperidine rings is 1. The summed E-state index contributed by atoms with van der Waals surface area (Å²) in [5.74, 6) is 0.869. The Labute approximate surface area is 151 Å². The summed E-state index contributed by atoms with van der Waals surface area (Å²) < 4.78 is 21.8. The predicted octanol–water partition coefficient (Wildman–Crippen LogP) is 1.33. The number of esters is 1. The average Bonchev–Trinajstić information content (AvgIpc) is 3.00. The zero-order chi connectivity index (χ0) is 18.1. The van der Waals surface area contributed by atoms with Crippen molar-refractivity contribution in [2.45, 2.75) is 18.4 Å². The number of hydrogen-bond donors (Lipinski definition) is 1. The van der Waals surface area contributed by atoms with Crippen LogP contribution in [0.4, 0.5) is 10.5 Å². The number of carbonyl (C=O) groups is 2. The van der Waals surface area contributed by atoms with Gasteiger partial charge in [0.05, 0.1) is 25.8 Å². The summed E-state index contributed by atoms with van der Waals surface area (Å²) in [7, 11) is 1.37. The van der Waals surface area contributed by atoms with Crippen molar-refractivity contribution in [3.05, 3.63) is 18.2 Å². The fourth-order valence-corrected chi connectivity index (χ4v) is 3.84. The Balaban J connectivity index is 1.58. The van der Waals surface area contributed by atoms with Gasteiger partial charge in [-0.1, -0.05) is 0 Å². The molecular formula is C18H22N2O6. The van der Waals surface area contributed by atoms with E-state index in [2.05, 4.69) is 5.32 Å². The number of ether oxygens (including phenoxy) is 4. The lowest BCUT2D eigenvalue weighted by Crippen LogP contribution is -2.53. The number of rotatable bonds is 3. The maximum atomic E-state index is 12.6. The standard InChI is InChI=1S/C18H22N2O6/c1-23-16(21)8-12-10-19-5-4-18(12)11-20(17(22)26-18)13-2-3-14-15(9-13)25-7-6-24-14/h2-3,9,12,19H,4-8,10-11H2,1H3. The monoisotopic (exact) mass is 362 g/mol.